The molecule has 2 aromatic rings. The molecule has 0 radical (unpaired) electrons. The average molecular weight is 289 g/mol. The number of hydrogen-bond donors (Lipinski definition) is 1. The number of ether oxygens (including phenoxy) is 1. The minimum Gasteiger partial charge on any atom is -0.370 e. The topological polar surface area (TPSA) is 84.8 Å². The van der Waals surface area contributed by atoms with Gasteiger partial charge in [-0.2, -0.15) is 5.10 Å². The van der Waals surface area contributed by atoms with Gasteiger partial charge >= 0.3 is 0 Å². The van der Waals surface area contributed by atoms with Crippen molar-refractivity contribution >= 4 is 0 Å². The monoisotopic (exact) mass is 289 g/mol. The van der Waals surface area contributed by atoms with Gasteiger partial charge in [0, 0.05) is 19.5 Å². The minimum absolute atomic E-state index is 0.247. The third-order valence-electron chi connectivity index (χ3n) is 4.28. The summed E-state index contributed by atoms with van der Waals surface area (Å²) in [5, 5.41) is 15.4. The highest BCUT2D eigenvalue weighted by Gasteiger charge is 2.36. The molecule has 0 aromatic carbocycles. The van der Waals surface area contributed by atoms with Gasteiger partial charge in [-0.1, -0.05) is 12.1 Å². The van der Waals surface area contributed by atoms with E-state index < -0.39 is 0 Å². The third kappa shape index (κ3) is 2.34. The summed E-state index contributed by atoms with van der Waals surface area (Å²) in [7, 11) is 0. The maximum Gasteiger partial charge on any atom is 0.150 e. The van der Waals surface area contributed by atoms with Crippen molar-refractivity contribution in [1.29, 1.82) is 0 Å². The summed E-state index contributed by atoms with van der Waals surface area (Å²) in [4.78, 5) is 6.86. The van der Waals surface area contributed by atoms with Crippen LogP contribution in [0.5, 0.6) is 0 Å². The highest BCUT2D eigenvalue weighted by Crippen LogP contribution is 2.30. The lowest BCUT2D eigenvalue weighted by Gasteiger charge is -2.40. The second-order valence-corrected chi connectivity index (χ2v) is 5.66. The van der Waals surface area contributed by atoms with Crippen molar-refractivity contribution in [3.05, 3.63) is 23.5 Å². The molecule has 1 fully saturated rings. The molecule has 2 aliphatic heterocycles. The van der Waals surface area contributed by atoms with Crippen molar-refractivity contribution in [2.24, 2.45) is 0 Å². The molecule has 1 N–H and O–H groups in total. The van der Waals surface area contributed by atoms with Gasteiger partial charge in [-0.05, 0) is 6.42 Å². The van der Waals surface area contributed by atoms with Gasteiger partial charge < -0.3 is 4.74 Å². The van der Waals surface area contributed by atoms with Gasteiger partial charge in [-0.15, -0.1) is 5.10 Å². The van der Waals surface area contributed by atoms with Crippen LogP contribution in [0.1, 0.15) is 36.7 Å². The maximum atomic E-state index is 5.92. The van der Waals surface area contributed by atoms with E-state index in [1.807, 2.05) is 4.68 Å². The van der Waals surface area contributed by atoms with Crippen molar-refractivity contribution in [1.82, 2.24) is 35.1 Å². The first-order valence-corrected chi connectivity index (χ1v) is 7.46. The van der Waals surface area contributed by atoms with Crippen LogP contribution in [-0.2, 0) is 24.3 Å². The van der Waals surface area contributed by atoms with E-state index >= 15 is 0 Å². The molecule has 0 aliphatic carbocycles. The summed E-state index contributed by atoms with van der Waals surface area (Å²) in [6, 6.07) is 0.249. The van der Waals surface area contributed by atoms with Gasteiger partial charge in [-0.3, -0.25) is 10.00 Å². The van der Waals surface area contributed by atoms with Crippen LogP contribution in [0.25, 0.3) is 0 Å². The van der Waals surface area contributed by atoms with E-state index in [-0.39, 0.29) is 12.1 Å². The lowest BCUT2D eigenvalue weighted by Crippen LogP contribution is -2.47. The van der Waals surface area contributed by atoms with Crippen LogP contribution >= 0.6 is 0 Å². The molecule has 0 spiro atoms. The number of aromatic nitrogens is 6. The van der Waals surface area contributed by atoms with Crippen molar-refractivity contribution in [2.45, 2.75) is 45.1 Å². The molecule has 112 valence electrons. The number of likely N-dealkylation sites (tertiary alicyclic amines) is 1. The molecule has 2 aliphatic rings. The van der Waals surface area contributed by atoms with Gasteiger partial charge in [0.05, 0.1) is 37.2 Å². The van der Waals surface area contributed by atoms with Gasteiger partial charge in [0.25, 0.3) is 0 Å². The molecule has 8 nitrogen and oxygen atoms in total. The zero-order chi connectivity index (χ0) is 14.2. The van der Waals surface area contributed by atoms with E-state index in [4.69, 9.17) is 4.74 Å². The normalized spacial score (nSPS) is 25.6. The van der Waals surface area contributed by atoms with E-state index in [0.29, 0.717) is 6.61 Å². The highest BCUT2D eigenvalue weighted by molar-refractivity contribution is 5.01. The smallest absolute Gasteiger partial charge is 0.150 e. The molecule has 21 heavy (non-hydrogen) atoms. The van der Waals surface area contributed by atoms with E-state index in [1.54, 1.807) is 6.20 Å². The van der Waals surface area contributed by atoms with Crippen LogP contribution in [0.2, 0.25) is 0 Å². The summed E-state index contributed by atoms with van der Waals surface area (Å²) < 4.78 is 7.95. The maximum absolute atomic E-state index is 5.92. The number of aromatic amines is 1. The number of nitrogens with zero attached hydrogens (tertiary/aromatic N) is 6. The van der Waals surface area contributed by atoms with Crippen molar-refractivity contribution in [3.63, 3.8) is 0 Å². The molecule has 2 aromatic heterocycles. The summed E-state index contributed by atoms with van der Waals surface area (Å²) in [6.45, 7) is 5.39. The first kappa shape index (κ1) is 12.9. The predicted molar refractivity (Wildman–Crippen MR) is 73.3 cm³/mol. The Labute approximate surface area is 122 Å². The van der Waals surface area contributed by atoms with Gasteiger partial charge in [-0.25, -0.2) is 9.67 Å². The van der Waals surface area contributed by atoms with E-state index in [1.165, 1.54) is 0 Å². The van der Waals surface area contributed by atoms with E-state index in [9.17, 15) is 0 Å². The molecular formula is C13H19N7O. The summed E-state index contributed by atoms with van der Waals surface area (Å²) in [5.74, 6) is 1.81. The highest BCUT2D eigenvalue weighted by atomic mass is 16.5. The summed E-state index contributed by atoms with van der Waals surface area (Å²) >= 11 is 0. The lowest BCUT2D eigenvalue weighted by atomic mass is 10.0. The standard InChI is InChI=1S/C13H19N7O/c1-2-12-15-13(17-16-12)7-19-4-3-11-10(6-19)20-9(8-21-11)5-14-18-20/h5,10-11H,2-4,6-8H2,1H3,(H,15,16,17)/t10-,11-/m0/s1. The van der Waals surface area contributed by atoms with Crippen LogP contribution in [-0.4, -0.2) is 54.3 Å². The largest absolute Gasteiger partial charge is 0.370 e. The summed E-state index contributed by atoms with van der Waals surface area (Å²) in [5.41, 5.74) is 1.06. The number of hydrogen-bond acceptors (Lipinski definition) is 6. The van der Waals surface area contributed by atoms with Gasteiger partial charge in [0.15, 0.2) is 0 Å². The van der Waals surface area contributed by atoms with Crippen molar-refractivity contribution < 1.29 is 4.74 Å². The predicted octanol–water partition coefficient (Wildman–Crippen LogP) is 0.304. The van der Waals surface area contributed by atoms with E-state index in [2.05, 4.69) is 37.3 Å². The minimum atomic E-state index is 0.247. The second-order valence-electron chi connectivity index (χ2n) is 5.66. The van der Waals surface area contributed by atoms with Crippen molar-refractivity contribution in [2.75, 3.05) is 13.1 Å². The molecule has 0 amide bonds. The fourth-order valence-corrected chi connectivity index (χ4v) is 3.16. The molecule has 0 saturated carbocycles. The Morgan fingerprint density at radius 3 is 3.29 bits per heavy atom. The molecule has 8 heteroatoms. The zero-order valence-electron chi connectivity index (χ0n) is 12.1. The Morgan fingerprint density at radius 1 is 1.48 bits per heavy atom. The molecule has 2 atom stereocenters. The number of piperidine rings is 1. The Balaban J connectivity index is 1.48. The van der Waals surface area contributed by atoms with Crippen LogP contribution in [0, 0.1) is 0 Å². The number of aryl methyl sites for hydroxylation is 1. The zero-order valence-corrected chi connectivity index (χ0v) is 12.1. The average Bonchev–Trinajstić information content (AvgIpc) is 3.15. The Bertz CT molecular complexity index is 622. The van der Waals surface area contributed by atoms with Crippen molar-refractivity contribution in [3.8, 4) is 0 Å². The molecule has 4 rings (SSSR count). The van der Waals surface area contributed by atoms with Crippen LogP contribution in [0.4, 0.5) is 0 Å². The lowest BCUT2D eigenvalue weighted by molar-refractivity contribution is -0.0673. The Kier molecular flexibility index (Phi) is 3.19. The van der Waals surface area contributed by atoms with E-state index in [0.717, 1.165) is 49.8 Å². The third-order valence-corrected chi connectivity index (χ3v) is 4.28. The number of nitrogens with one attached hydrogen (secondary N) is 1. The summed E-state index contributed by atoms with van der Waals surface area (Å²) in [6.07, 6.45) is 3.91. The Hall–Kier alpha value is -1.80. The fourth-order valence-electron chi connectivity index (χ4n) is 3.16. The number of fused-ring (bicyclic) bond motifs is 3. The van der Waals surface area contributed by atoms with Gasteiger partial charge in [0.2, 0.25) is 0 Å². The molecular weight excluding hydrogens is 270 g/mol. The first-order chi connectivity index (χ1) is 10.3. The SMILES string of the molecule is CCc1n[nH]c(CN2CC[C@@H]3OCc4cnnn4[C@H]3C2)n1. The first-order valence-electron chi connectivity index (χ1n) is 7.46. The van der Waals surface area contributed by atoms with Gasteiger partial charge in [0.1, 0.15) is 11.6 Å². The van der Waals surface area contributed by atoms with Crippen LogP contribution < -0.4 is 0 Å². The number of H-pyrrole nitrogens is 1. The van der Waals surface area contributed by atoms with Crippen LogP contribution in [0.15, 0.2) is 6.20 Å². The number of rotatable bonds is 3. The Morgan fingerprint density at radius 2 is 2.43 bits per heavy atom. The fraction of sp³-hybridized carbons (Fsp3) is 0.692. The second kappa shape index (κ2) is 5.19. The molecule has 1 saturated heterocycles. The quantitative estimate of drug-likeness (QED) is 0.875. The molecule has 0 unspecified atom stereocenters. The molecule has 0 bridgehead atoms. The molecule has 4 heterocycles. The van der Waals surface area contributed by atoms with Crippen LogP contribution in [0.3, 0.4) is 0 Å².